The first-order chi connectivity index (χ1) is 9.10. The van der Waals surface area contributed by atoms with Crippen LogP contribution in [0.4, 0.5) is 5.69 Å². The van der Waals surface area contributed by atoms with E-state index >= 15 is 0 Å². The maximum Gasteiger partial charge on any atom is 0.290 e. The summed E-state index contributed by atoms with van der Waals surface area (Å²) in [5.74, 6) is 0. The van der Waals surface area contributed by atoms with Crippen LogP contribution in [0.3, 0.4) is 0 Å². The number of carboxylic acid groups (broad SMARTS) is 1. The standard InChI is InChI=1S/C15H17N.CH2O2/c1-11-12(2)15(16)9-8-14(11)10-13-6-4-3-5-7-13;2-1-3/h3-9H,10,16H2,1-2H3;1H,(H,2,3). The van der Waals surface area contributed by atoms with Crippen molar-refractivity contribution in [2.24, 2.45) is 0 Å². The summed E-state index contributed by atoms with van der Waals surface area (Å²) < 4.78 is 0. The number of rotatable bonds is 2. The Morgan fingerprint density at radius 3 is 2.21 bits per heavy atom. The Morgan fingerprint density at radius 1 is 1.05 bits per heavy atom. The topological polar surface area (TPSA) is 63.3 Å². The molecule has 100 valence electrons. The van der Waals surface area contributed by atoms with Crippen molar-refractivity contribution in [2.45, 2.75) is 20.3 Å². The maximum atomic E-state index is 8.36. The van der Waals surface area contributed by atoms with Gasteiger partial charge in [0.25, 0.3) is 6.47 Å². The maximum absolute atomic E-state index is 8.36. The molecule has 0 atom stereocenters. The zero-order valence-corrected chi connectivity index (χ0v) is 11.3. The Morgan fingerprint density at radius 2 is 1.63 bits per heavy atom. The molecule has 0 aliphatic carbocycles. The van der Waals surface area contributed by atoms with Gasteiger partial charge in [-0.25, -0.2) is 0 Å². The van der Waals surface area contributed by atoms with Crippen LogP contribution in [0.5, 0.6) is 0 Å². The van der Waals surface area contributed by atoms with Crippen molar-refractivity contribution >= 4 is 12.2 Å². The normalized spacial score (nSPS) is 9.37. The third-order valence-corrected chi connectivity index (χ3v) is 3.18. The molecule has 3 nitrogen and oxygen atoms in total. The van der Waals surface area contributed by atoms with Crippen molar-refractivity contribution in [2.75, 3.05) is 5.73 Å². The summed E-state index contributed by atoms with van der Waals surface area (Å²) in [5, 5.41) is 6.89. The van der Waals surface area contributed by atoms with E-state index in [9.17, 15) is 0 Å². The van der Waals surface area contributed by atoms with Gasteiger partial charge in [-0.15, -0.1) is 0 Å². The zero-order chi connectivity index (χ0) is 14.3. The highest BCUT2D eigenvalue weighted by Crippen LogP contribution is 2.21. The van der Waals surface area contributed by atoms with Gasteiger partial charge in [0.05, 0.1) is 0 Å². The van der Waals surface area contributed by atoms with E-state index in [1.807, 2.05) is 12.1 Å². The molecule has 2 rings (SSSR count). The van der Waals surface area contributed by atoms with Crippen molar-refractivity contribution in [3.63, 3.8) is 0 Å². The second kappa shape index (κ2) is 7.21. The number of benzene rings is 2. The molecule has 0 bridgehead atoms. The highest BCUT2D eigenvalue weighted by atomic mass is 16.3. The Labute approximate surface area is 113 Å². The molecule has 0 heterocycles. The highest BCUT2D eigenvalue weighted by molar-refractivity contribution is 5.53. The number of nitrogens with two attached hydrogens (primary N) is 1. The number of carbonyl (C=O) groups is 1. The van der Waals surface area contributed by atoms with Gasteiger partial charge in [0.1, 0.15) is 0 Å². The van der Waals surface area contributed by atoms with E-state index in [-0.39, 0.29) is 6.47 Å². The zero-order valence-electron chi connectivity index (χ0n) is 11.3. The Kier molecular flexibility index (Phi) is 5.61. The van der Waals surface area contributed by atoms with Gasteiger partial charge in [0, 0.05) is 5.69 Å². The van der Waals surface area contributed by atoms with Gasteiger partial charge in [-0.3, -0.25) is 4.79 Å². The fourth-order valence-electron chi connectivity index (χ4n) is 1.90. The Bertz CT molecular complexity index is 536. The van der Waals surface area contributed by atoms with E-state index in [1.54, 1.807) is 0 Å². The van der Waals surface area contributed by atoms with E-state index in [2.05, 4.69) is 44.2 Å². The van der Waals surface area contributed by atoms with E-state index in [1.165, 1.54) is 22.3 Å². The quantitative estimate of drug-likeness (QED) is 0.641. The van der Waals surface area contributed by atoms with Crippen LogP contribution < -0.4 is 5.73 Å². The molecule has 0 radical (unpaired) electrons. The van der Waals surface area contributed by atoms with Crippen LogP contribution in [-0.2, 0) is 11.2 Å². The lowest BCUT2D eigenvalue weighted by Gasteiger charge is -2.11. The van der Waals surface area contributed by atoms with Gasteiger partial charge in [-0.05, 0) is 48.6 Å². The largest absolute Gasteiger partial charge is 0.483 e. The number of hydrogen-bond acceptors (Lipinski definition) is 2. The Balaban J connectivity index is 0.000000550. The summed E-state index contributed by atoms with van der Waals surface area (Å²) in [7, 11) is 0. The van der Waals surface area contributed by atoms with Gasteiger partial charge < -0.3 is 10.8 Å². The Hall–Kier alpha value is -2.29. The van der Waals surface area contributed by atoms with Gasteiger partial charge >= 0.3 is 0 Å². The lowest BCUT2D eigenvalue weighted by Crippen LogP contribution is -1.98. The van der Waals surface area contributed by atoms with Crippen molar-refractivity contribution < 1.29 is 9.90 Å². The lowest BCUT2D eigenvalue weighted by atomic mass is 9.96. The van der Waals surface area contributed by atoms with Gasteiger partial charge in [0.2, 0.25) is 0 Å². The molecule has 3 heteroatoms. The molecular weight excluding hydrogens is 238 g/mol. The lowest BCUT2D eigenvalue weighted by molar-refractivity contribution is -0.122. The smallest absolute Gasteiger partial charge is 0.290 e. The molecule has 0 amide bonds. The molecule has 19 heavy (non-hydrogen) atoms. The summed E-state index contributed by atoms with van der Waals surface area (Å²) in [4.78, 5) is 8.36. The minimum absolute atomic E-state index is 0.250. The molecule has 0 aromatic heterocycles. The summed E-state index contributed by atoms with van der Waals surface area (Å²) >= 11 is 0. The molecule has 0 unspecified atom stereocenters. The molecule has 0 aliphatic heterocycles. The van der Waals surface area contributed by atoms with E-state index in [4.69, 9.17) is 15.6 Å². The van der Waals surface area contributed by atoms with Gasteiger partial charge in [-0.1, -0.05) is 36.4 Å². The fourth-order valence-corrected chi connectivity index (χ4v) is 1.90. The minimum Gasteiger partial charge on any atom is -0.483 e. The summed E-state index contributed by atoms with van der Waals surface area (Å²) in [6.45, 7) is 3.98. The highest BCUT2D eigenvalue weighted by Gasteiger charge is 2.04. The molecule has 0 fully saturated rings. The molecule has 0 saturated heterocycles. The molecule has 0 saturated carbocycles. The summed E-state index contributed by atoms with van der Waals surface area (Å²) in [6, 6.07) is 14.6. The number of nitrogen functional groups attached to an aromatic ring is 1. The fraction of sp³-hybridized carbons (Fsp3) is 0.188. The van der Waals surface area contributed by atoms with E-state index < -0.39 is 0 Å². The first-order valence-electron chi connectivity index (χ1n) is 6.06. The van der Waals surface area contributed by atoms with Crippen molar-refractivity contribution in [1.82, 2.24) is 0 Å². The SMILES string of the molecule is Cc1c(N)ccc(Cc2ccccc2)c1C.O=CO. The second-order valence-electron chi connectivity index (χ2n) is 4.33. The van der Waals surface area contributed by atoms with Gasteiger partial charge in [-0.2, -0.15) is 0 Å². The molecule has 3 N–H and O–H groups in total. The predicted octanol–water partition coefficient (Wildman–Crippen LogP) is 3.18. The van der Waals surface area contributed by atoms with Gasteiger partial charge in [0.15, 0.2) is 0 Å². The van der Waals surface area contributed by atoms with E-state index in [0.717, 1.165) is 12.1 Å². The van der Waals surface area contributed by atoms with E-state index in [0.29, 0.717) is 0 Å². The van der Waals surface area contributed by atoms with Crippen molar-refractivity contribution in [1.29, 1.82) is 0 Å². The van der Waals surface area contributed by atoms with Crippen molar-refractivity contribution in [3.05, 3.63) is 64.7 Å². The summed E-state index contributed by atoms with van der Waals surface area (Å²) in [6.07, 6.45) is 0.980. The molecular formula is C16H19NO2. The van der Waals surface area contributed by atoms with Crippen molar-refractivity contribution in [3.8, 4) is 0 Å². The first kappa shape index (κ1) is 14.8. The third-order valence-electron chi connectivity index (χ3n) is 3.18. The van der Waals surface area contributed by atoms with Crippen LogP contribution >= 0.6 is 0 Å². The summed E-state index contributed by atoms with van der Waals surface area (Å²) in [5.41, 5.74) is 12.0. The predicted molar refractivity (Wildman–Crippen MR) is 78.3 cm³/mol. The average Bonchev–Trinajstić information content (AvgIpc) is 2.42. The average molecular weight is 257 g/mol. The van der Waals surface area contributed by atoms with Crippen LogP contribution in [-0.4, -0.2) is 11.6 Å². The number of hydrogen-bond donors (Lipinski definition) is 2. The molecule has 2 aromatic carbocycles. The molecule has 2 aromatic rings. The number of anilines is 1. The van der Waals surface area contributed by atoms with Crippen LogP contribution in [0.2, 0.25) is 0 Å². The first-order valence-corrected chi connectivity index (χ1v) is 6.06. The van der Waals surface area contributed by atoms with Crippen LogP contribution in [0.25, 0.3) is 0 Å². The minimum atomic E-state index is -0.250. The van der Waals surface area contributed by atoms with Crippen LogP contribution in [0.15, 0.2) is 42.5 Å². The molecule has 0 aliphatic rings. The van der Waals surface area contributed by atoms with Crippen LogP contribution in [0, 0.1) is 13.8 Å². The van der Waals surface area contributed by atoms with Crippen LogP contribution in [0.1, 0.15) is 22.3 Å². The third kappa shape index (κ3) is 4.14. The second-order valence-corrected chi connectivity index (χ2v) is 4.33. The monoisotopic (exact) mass is 257 g/mol. The molecule has 0 spiro atoms.